The average molecular weight is 469 g/mol. The molecule has 32 heavy (non-hydrogen) atoms. The quantitative estimate of drug-likeness (QED) is 0.601. The molecule has 6 nitrogen and oxygen atoms in total. The molecule has 1 amide bonds. The van der Waals surface area contributed by atoms with Gasteiger partial charge in [0, 0.05) is 19.3 Å². The number of hydrogen-bond acceptors (Lipinski definition) is 4. The highest BCUT2D eigenvalue weighted by Gasteiger charge is 2.38. The van der Waals surface area contributed by atoms with Gasteiger partial charge in [0.15, 0.2) is 5.65 Å². The molecule has 2 aromatic rings. The molecule has 2 aromatic heterocycles. The van der Waals surface area contributed by atoms with Crippen LogP contribution in [0.5, 0.6) is 0 Å². The normalized spacial score (nSPS) is 19.3. The second-order valence-electron chi connectivity index (χ2n) is 7.99. The van der Waals surface area contributed by atoms with Crippen LogP contribution in [0.1, 0.15) is 55.3 Å². The number of rotatable bonds is 7. The Labute approximate surface area is 178 Å². The molecule has 3 rings (SSSR count). The van der Waals surface area contributed by atoms with Crippen LogP contribution in [0.3, 0.4) is 0 Å². The number of alkyl halides is 7. The Hall–Kier alpha value is -2.44. The van der Waals surface area contributed by atoms with E-state index in [1.807, 2.05) is 0 Å². The van der Waals surface area contributed by atoms with Crippen LogP contribution in [0.25, 0.3) is 5.65 Å². The van der Waals surface area contributed by atoms with Crippen LogP contribution in [-0.2, 0) is 4.79 Å². The summed E-state index contributed by atoms with van der Waals surface area (Å²) in [6.45, 7) is -1.65. The number of aromatic nitrogens is 3. The molecule has 1 aliphatic carbocycles. The van der Waals surface area contributed by atoms with Gasteiger partial charge in [-0.1, -0.05) is 0 Å². The summed E-state index contributed by atoms with van der Waals surface area (Å²) >= 11 is 0. The van der Waals surface area contributed by atoms with Gasteiger partial charge in [-0.05, 0) is 30.4 Å². The second kappa shape index (κ2) is 9.20. The van der Waals surface area contributed by atoms with E-state index in [-0.39, 0.29) is 42.8 Å². The second-order valence-corrected chi connectivity index (χ2v) is 7.99. The zero-order valence-corrected chi connectivity index (χ0v) is 16.8. The number of nitrogens with two attached hydrogens (primary N) is 1. The van der Waals surface area contributed by atoms with E-state index in [2.05, 4.69) is 10.1 Å². The fourth-order valence-electron chi connectivity index (χ4n) is 3.81. The fraction of sp³-hybridized carbons (Fsp3) is 0.632. The Morgan fingerprint density at radius 2 is 1.94 bits per heavy atom. The number of fused-ring (bicyclic) bond motifs is 1. The van der Waals surface area contributed by atoms with Crippen molar-refractivity contribution in [3.8, 4) is 0 Å². The summed E-state index contributed by atoms with van der Waals surface area (Å²) in [5.74, 6) is -5.71. The van der Waals surface area contributed by atoms with Crippen molar-refractivity contribution in [2.24, 2.45) is 11.7 Å². The molecular formula is C19H22F7N5O. The summed E-state index contributed by atoms with van der Waals surface area (Å²) in [6.07, 6.45) is -6.16. The van der Waals surface area contributed by atoms with E-state index >= 15 is 0 Å². The van der Waals surface area contributed by atoms with Crippen molar-refractivity contribution < 1.29 is 35.5 Å². The van der Waals surface area contributed by atoms with Crippen LogP contribution >= 0.6 is 0 Å². The predicted octanol–water partition coefficient (Wildman–Crippen LogP) is 3.97. The monoisotopic (exact) mass is 469 g/mol. The molecule has 1 unspecified atom stereocenters. The number of carbonyl (C=O) groups excluding carboxylic acids is 1. The van der Waals surface area contributed by atoms with Gasteiger partial charge in [0.25, 0.3) is 0 Å². The SMILES string of the molecule is N[C@H](c1cn2ncc(C(CC(F)F)C(=O)NCC(F)(F)F)cc2n1)C1CCC(F)(F)CC1. The van der Waals surface area contributed by atoms with Gasteiger partial charge in [-0.15, -0.1) is 0 Å². The zero-order valence-electron chi connectivity index (χ0n) is 16.8. The van der Waals surface area contributed by atoms with Gasteiger partial charge in [-0.3, -0.25) is 4.79 Å². The van der Waals surface area contributed by atoms with Gasteiger partial charge in [0.1, 0.15) is 6.54 Å². The van der Waals surface area contributed by atoms with E-state index in [0.29, 0.717) is 5.69 Å². The van der Waals surface area contributed by atoms with Crippen molar-refractivity contribution in [1.29, 1.82) is 0 Å². The van der Waals surface area contributed by atoms with Crippen LogP contribution < -0.4 is 11.1 Å². The number of amides is 1. The molecule has 0 radical (unpaired) electrons. The summed E-state index contributed by atoms with van der Waals surface area (Å²) in [6, 6.07) is 0.626. The lowest BCUT2D eigenvalue weighted by Crippen LogP contribution is -2.37. The zero-order chi connectivity index (χ0) is 23.7. The molecule has 0 aliphatic heterocycles. The third kappa shape index (κ3) is 6.08. The molecule has 13 heteroatoms. The minimum atomic E-state index is -4.69. The van der Waals surface area contributed by atoms with Crippen molar-refractivity contribution >= 4 is 11.6 Å². The van der Waals surface area contributed by atoms with Gasteiger partial charge in [-0.25, -0.2) is 27.1 Å². The van der Waals surface area contributed by atoms with Gasteiger partial charge in [-0.2, -0.15) is 18.3 Å². The van der Waals surface area contributed by atoms with Crippen molar-refractivity contribution in [3.63, 3.8) is 0 Å². The Bertz CT molecular complexity index is 936. The topological polar surface area (TPSA) is 85.3 Å². The first kappa shape index (κ1) is 24.2. The van der Waals surface area contributed by atoms with E-state index in [0.717, 1.165) is 6.20 Å². The Kier molecular flexibility index (Phi) is 6.96. The maximum atomic E-state index is 13.4. The number of hydrogen-bond donors (Lipinski definition) is 2. The minimum Gasteiger partial charge on any atom is -0.346 e. The van der Waals surface area contributed by atoms with Crippen LogP contribution in [0.2, 0.25) is 0 Å². The predicted molar refractivity (Wildman–Crippen MR) is 99.2 cm³/mol. The molecule has 0 aromatic carbocycles. The van der Waals surface area contributed by atoms with E-state index in [1.165, 1.54) is 16.8 Å². The average Bonchev–Trinajstić information content (AvgIpc) is 3.12. The first-order valence-electron chi connectivity index (χ1n) is 9.96. The van der Waals surface area contributed by atoms with Crippen LogP contribution in [0.15, 0.2) is 18.5 Å². The van der Waals surface area contributed by atoms with Gasteiger partial charge >= 0.3 is 6.18 Å². The summed E-state index contributed by atoms with van der Waals surface area (Å²) in [7, 11) is 0. The van der Waals surface area contributed by atoms with Gasteiger partial charge < -0.3 is 11.1 Å². The molecule has 0 bridgehead atoms. The van der Waals surface area contributed by atoms with E-state index in [9.17, 15) is 35.5 Å². The molecule has 0 saturated heterocycles. The molecule has 2 atom stereocenters. The van der Waals surface area contributed by atoms with Crippen LogP contribution in [-0.4, -0.2) is 45.6 Å². The van der Waals surface area contributed by atoms with E-state index in [1.54, 1.807) is 5.32 Å². The summed E-state index contributed by atoms with van der Waals surface area (Å²) in [5, 5.41) is 5.62. The Morgan fingerprint density at radius 1 is 1.28 bits per heavy atom. The number of carbonyl (C=O) groups is 1. The third-order valence-corrected chi connectivity index (χ3v) is 5.57. The number of halogens is 7. The van der Waals surface area contributed by atoms with Crippen molar-refractivity contribution in [3.05, 3.63) is 29.7 Å². The molecule has 3 N–H and O–H groups in total. The number of nitrogens with one attached hydrogen (secondary N) is 1. The lowest BCUT2D eigenvalue weighted by atomic mass is 9.81. The maximum Gasteiger partial charge on any atom is 0.405 e. The molecule has 0 spiro atoms. The van der Waals surface area contributed by atoms with Crippen molar-refractivity contribution in [2.75, 3.05) is 6.54 Å². The first-order chi connectivity index (χ1) is 14.8. The highest BCUT2D eigenvalue weighted by atomic mass is 19.4. The molecule has 1 fully saturated rings. The smallest absolute Gasteiger partial charge is 0.346 e. The van der Waals surface area contributed by atoms with Gasteiger partial charge in [0.05, 0.1) is 30.0 Å². The first-order valence-corrected chi connectivity index (χ1v) is 9.96. The van der Waals surface area contributed by atoms with Crippen LogP contribution in [0.4, 0.5) is 30.7 Å². The molecule has 2 heterocycles. The summed E-state index contributed by atoms with van der Waals surface area (Å²) < 4.78 is 91.2. The fourth-order valence-corrected chi connectivity index (χ4v) is 3.81. The molecule has 178 valence electrons. The van der Waals surface area contributed by atoms with E-state index in [4.69, 9.17) is 5.73 Å². The number of nitrogens with zero attached hydrogens (tertiary/aromatic N) is 3. The van der Waals surface area contributed by atoms with Gasteiger partial charge in [0.2, 0.25) is 18.3 Å². The maximum absolute atomic E-state index is 13.4. The largest absolute Gasteiger partial charge is 0.405 e. The highest BCUT2D eigenvalue weighted by molar-refractivity contribution is 5.83. The van der Waals surface area contributed by atoms with Crippen molar-refractivity contribution in [2.45, 2.75) is 62.6 Å². The lowest BCUT2D eigenvalue weighted by molar-refractivity contribution is -0.139. The number of imidazole rings is 1. The van der Waals surface area contributed by atoms with E-state index < -0.39 is 49.4 Å². The standard InChI is InChI=1S/C19H22F7N5O/c20-14(21)6-12(17(32)28-9-19(24,25)26)11-5-15-30-13(8-31(15)29-7-11)16(27)10-1-3-18(22,23)4-2-10/h5,7-8,10,12,14,16H,1-4,6,9,27H2,(H,28,32)/t12?,16-/m0/s1. The van der Waals surface area contributed by atoms with Crippen LogP contribution in [0, 0.1) is 5.92 Å². The molecule has 1 saturated carbocycles. The Balaban J connectivity index is 1.80. The third-order valence-electron chi connectivity index (χ3n) is 5.57. The Morgan fingerprint density at radius 3 is 2.53 bits per heavy atom. The summed E-state index contributed by atoms with van der Waals surface area (Å²) in [5.41, 5.74) is 6.68. The highest BCUT2D eigenvalue weighted by Crippen LogP contribution is 2.40. The molecular weight excluding hydrogens is 447 g/mol. The minimum absolute atomic E-state index is 0.0273. The summed E-state index contributed by atoms with van der Waals surface area (Å²) in [4.78, 5) is 16.4. The molecule has 1 aliphatic rings. The van der Waals surface area contributed by atoms with Crippen molar-refractivity contribution in [1.82, 2.24) is 19.9 Å². The lowest BCUT2D eigenvalue weighted by Gasteiger charge is -2.31.